The zero-order valence-electron chi connectivity index (χ0n) is 20.8. The van der Waals surface area contributed by atoms with Crippen LogP contribution in [0.25, 0.3) is 0 Å². The van der Waals surface area contributed by atoms with Crippen LogP contribution in [0.4, 0.5) is 24.7 Å². The van der Waals surface area contributed by atoms with E-state index in [1.54, 1.807) is 6.92 Å². The van der Waals surface area contributed by atoms with Gasteiger partial charge in [-0.2, -0.15) is 13.2 Å². The molecule has 14 heteroatoms. The number of anilines is 2. The molecular formula is C23H27F3N4O7. The predicted molar refractivity (Wildman–Crippen MR) is 122 cm³/mol. The lowest BCUT2D eigenvalue weighted by atomic mass is 9.93. The Balaban J connectivity index is 2.22. The van der Waals surface area contributed by atoms with Crippen LogP contribution in [0.2, 0.25) is 0 Å². The number of aromatic nitrogens is 2. The van der Waals surface area contributed by atoms with E-state index in [1.807, 2.05) is 0 Å². The van der Waals surface area contributed by atoms with Crippen LogP contribution in [-0.2, 0) is 45.1 Å². The number of carbonyl (C=O) groups is 2. The largest absolute Gasteiger partial charge is 0.466 e. The van der Waals surface area contributed by atoms with Crippen molar-refractivity contribution in [3.8, 4) is 0 Å². The molecule has 0 unspecified atom stereocenters. The Morgan fingerprint density at radius 2 is 1.68 bits per heavy atom. The van der Waals surface area contributed by atoms with Gasteiger partial charge in [0, 0.05) is 12.8 Å². The zero-order chi connectivity index (χ0) is 27.5. The first-order valence-electron chi connectivity index (χ1n) is 11.0. The standard InChI is InChI=1S/C23H27F3N4O7/c1-11(13-8-14(23(24,25)26)10-15(27)9-13)28-18-16(19-36-6-7-37-19)17(29-12(2)30-18)22(35-5,20(31)33-3)21(32)34-4/h8-11,19H,6-7,27H2,1-5H3,(H,28,29,30)/t11-/m1/s1. The fraction of sp³-hybridized carbons (Fsp3) is 0.478. The van der Waals surface area contributed by atoms with Crippen molar-refractivity contribution in [2.45, 2.75) is 38.0 Å². The predicted octanol–water partition coefficient (Wildman–Crippen LogP) is 2.79. The van der Waals surface area contributed by atoms with Crippen LogP contribution in [0.3, 0.4) is 0 Å². The number of methoxy groups -OCH3 is 3. The summed E-state index contributed by atoms with van der Waals surface area (Å²) in [5.41, 5.74) is 2.16. The molecule has 37 heavy (non-hydrogen) atoms. The molecule has 0 bridgehead atoms. The van der Waals surface area contributed by atoms with Crippen molar-refractivity contribution >= 4 is 23.4 Å². The molecule has 202 valence electrons. The van der Waals surface area contributed by atoms with Crippen LogP contribution in [-0.4, -0.2) is 56.4 Å². The van der Waals surface area contributed by atoms with E-state index >= 15 is 0 Å². The van der Waals surface area contributed by atoms with Gasteiger partial charge in [-0.3, -0.25) is 0 Å². The number of hydrogen-bond donors (Lipinski definition) is 2. The number of nitrogens with two attached hydrogens (primary N) is 1. The summed E-state index contributed by atoms with van der Waals surface area (Å²) in [6.45, 7) is 3.41. The first kappa shape index (κ1) is 28.1. The molecule has 3 N–H and O–H groups in total. The van der Waals surface area contributed by atoms with Gasteiger partial charge >= 0.3 is 23.7 Å². The minimum Gasteiger partial charge on any atom is -0.466 e. The van der Waals surface area contributed by atoms with Crippen LogP contribution in [0.5, 0.6) is 0 Å². The highest BCUT2D eigenvalue weighted by Gasteiger charge is 2.55. The number of hydrogen-bond acceptors (Lipinski definition) is 11. The number of alkyl halides is 3. The van der Waals surface area contributed by atoms with Crippen molar-refractivity contribution < 1.29 is 46.4 Å². The van der Waals surface area contributed by atoms with E-state index in [1.165, 1.54) is 13.0 Å². The van der Waals surface area contributed by atoms with E-state index in [2.05, 4.69) is 15.3 Å². The van der Waals surface area contributed by atoms with Crippen LogP contribution >= 0.6 is 0 Å². The second kappa shape index (κ2) is 10.9. The summed E-state index contributed by atoms with van der Waals surface area (Å²) in [5.74, 6) is -2.16. The number of nitrogens with one attached hydrogen (secondary N) is 1. The second-order valence-electron chi connectivity index (χ2n) is 8.08. The highest BCUT2D eigenvalue weighted by Crippen LogP contribution is 2.40. The monoisotopic (exact) mass is 528 g/mol. The summed E-state index contributed by atoms with van der Waals surface area (Å²) in [6, 6.07) is 2.37. The van der Waals surface area contributed by atoms with E-state index < -0.39 is 41.6 Å². The molecule has 1 fully saturated rings. The van der Waals surface area contributed by atoms with E-state index in [9.17, 15) is 22.8 Å². The molecule has 0 spiro atoms. The van der Waals surface area contributed by atoms with Gasteiger partial charge in [-0.1, -0.05) is 0 Å². The Morgan fingerprint density at radius 3 is 2.19 bits per heavy atom. The molecule has 0 aliphatic carbocycles. The summed E-state index contributed by atoms with van der Waals surface area (Å²) in [7, 11) is 3.19. The Morgan fingerprint density at radius 1 is 1.08 bits per heavy atom. The number of halogens is 3. The smallest absolute Gasteiger partial charge is 0.416 e. The summed E-state index contributed by atoms with van der Waals surface area (Å²) < 4.78 is 66.4. The summed E-state index contributed by atoms with van der Waals surface area (Å²) in [4.78, 5) is 34.5. The molecule has 0 radical (unpaired) electrons. The fourth-order valence-electron chi connectivity index (χ4n) is 3.91. The van der Waals surface area contributed by atoms with Crippen molar-refractivity contribution in [1.82, 2.24) is 9.97 Å². The number of nitrogen functional groups attached to an aromatic ring is 1. The Labute approximate surface area is 210 Å². The first-order chi connectivity index (χ1) is 17.4. The number of carbonyl (C=O) groups excluding carboxylic acids is 2. The fourth-order valence-corrected chi connectivity index (χ4v) is 3.91. The van der Waals surface area contributed by atoms with Gasteiger partial charge in [0.1, 0.15) is 17.3 Å². The quantitative estimate of drug-likeness (QED) is 0.296. The minimum atomic E-state index is -4.61. The molecule has 2 aromatic rings. The third-order valence-corrected chi connectivity index (χ3v) is 5.66. The summed E-state index contributed by atoms with van der Waals surface area (Å²) in [5, 5.41) is 3.01. The van der Waals surface area contributed by atoms with Gasteiger partial charge in [0.15, 0.2) is 6.29 Å². The van der Waals surface area contributed by atoms with E-state index in [0.29, 0.717) is 0 Å². The van der Waals surface area contributed by atoms with E-state index in [4.69, 9.17) is 29.4 Å². The van der Waals surface area contributed by atoms with Crippen LogP contribution in [0.15, 0.2) is 18.2 Å². The van der Waals surface area contributed by atoms with Gasteiger partial charge < -0.3 is 34.7 Å². The molecule has 1 aromatic carbocycles. The van der Waals surface area contributed by atoms with E-state index in [0.717, 1.165) is 33.5 Å². The lowest BCUT2D eigenvalue weighted by Crippen LogP contribution is -2.49. The molecule has 3 rings (SSSR count). The maximum atomic E-state index is 13.4. The number of aryl methyl sites for hydroxylation is 1. The van der Waals surface area contributed by atoms with Gasteiger partial charge in [0.05, 0.1) is 44.6 Å². The van der Waals surface area contributed by atoms with Crippen LogP contribution < -0.4 is 11.1 Å². The Hall–Kier alpha value is -3.49. The minimum absolute atomic E-state index is 0.00699. The molecule has 1 atom stereocenters. The molecule has 1 aliphatic rings. The maximum Gasteiger partial charge on any atom is 0.416 e. The Bertz CT molecular complexity index is 1150. The molecule has 1 saturated heterocycles. The second-order valence-corrected chi connectivity index (χ2v) is 8.08. The number of rotatable bonds is 8. The van der Waals surface area contributed by atoms with Crippen LogP contribution in [0.1, 0.15) is 47.5 Å². The third kappa shape index (κ3) is 5.45. The lowest BCUT2D eigenvalue weighted by Gasteiger charge is -2.30. The number of ether oxygens (including phenoxy) is 5. The van der Waals surface area contributed by atoms with Crippen molar-refractivity contribution in [1.29, 1.82) is 0 Å². The molecule has 11 nitrogen and oxygen atoms in total. The number of benzene rings is 1. The molecule has 2 heterocycles. The van der Waals surface area contributed by atoms with E-state index in [-0.39, 0.29) is 47.4 Å². The summed E-state index contributed by atoms with van der Waals surface area (Å²) in [6.07, 6.45) is -5.76. The molecule has 0 amide bonds. The maximum absolute atomic E-state index is 13.4. The highest BCUT2D eigenvalue weighted by molar-refractivity contribution is 6.04. The van der Waals surface area contributed by atoms with Crippen molar-refractivity contribution in [2.75, 3.05) is 45.6 Å². The Kier molecular flexibility index (Phi) is 8.25. The summed E-state index contributed by atoms with van der Waals surface area (Å²) >= 11 is 0. The van der Waals surface area contributed by atoms with Crippen molar-refractivity contribution in [2.24, 2.45) is 0 Å². The van der Waals surface area contributed by atoms with Crippen LogP contribution in [0, 0.1) is 6.92 Å². The SMILES string of the molecule is COC(=O)C(OC)(C(=O)OC)c1nc(C)nc(N[C@H](C)c2cc(N)cc(C(F)(F)F)c2)c1C1OCCO1. The average Bonchev–Trinajstić information content (AvgIpc) is 3.37. The van der Waals surface area contributed by atoms with Gasteiger partial charge in [0.2, 0.25) is 0 Å². The van der Waals surface area contributed by atoms with Gasteiger partial charge in [0.25, 0.3) is 0 Å². The first-order valence-corrected chi connectivity index (χ1v) is 11.0. The lowest BCUT2D eigenvalue weighted by molar-refractivity contribution is -0.187. The molecule has 1 aromatic heterocycles. The van der Waals surface area contributed by atoms with Crippen molar-refractivity contribution in [3.05, 3.63) is 46.4 Å². The number of esters is 2. The third-order valence-electron chi connectivity index (χ3n) is 5.66. The molecule has 0 saturated carbocycles. The molecular weight excluding hydrogens is 501 g/mol. The normalized spacial score (nSPS) is 15.4. The van der Waals surface area contributed by atoms with Gasteiger partial charge in [-0.25, -0.2) is 19.6 Å². The van der Waals surface area contributed by atoms with Crippen molar-refractivity contribution in [3.63, 3.8) is 0 Å². The highest BCUT2D eigenvalue weighted by atomic mass is 19.4. The average molecular weight is 528 g/mol. The van der Waals surface area contributed by atoms with Gasteiger partial charge in [-0.15, -0.1) is 0 Å². The zero-order valence-corrected chi connectivity index (χ0v) is 20.8. The topological polar surface area (TPSA) is 144 Å². The van der Waals surface area contributed by atoms with Gasteiger partial charge in [-0.05, 0) is 37.6 Å². The molecule has 1 aliphatic heterocycles. The number of nitrogens with zero attached hydrogens (tertiary/aromatic N) is 2.